The number of amides is 1. The van der Waals surface area contributed by atoms with Crippen LogP contribution in [0, 0.1) is 5.82 Å². The van der Waals surface area contributed by atoms with Gasteiger partial charge in [0.25, 0.3) is 0 Å². The monoisotopic (exact) mass is 408 g/mol. The maximum Gasteiger partial charge on any atom is 0.419 e. The van der Waals surface area contributed by atoms with Gasteiger partial charge in [0.2, 0.25) is 5.91 Å². The highest BCUT2D eigenvalue weighted by Gasteiger charge is 2.34. The third kappa shape index (κ3) is 4.88. The lowest BCUT2D eigenvalue weighted by atomic mass is 9.99. The normalized spacial score (nSPS) is 13.6. The van der Waals surface area contributed by atoms with E-state index in [1.165, 1.54) is 0 Å². The van der Waals surface area contributed by atoms with E-state index in [9.17, 15) is 22.4 Å². The fraction of sp³-hybridized carbons (Fsp3) is 0.286. The molecule has 0 unspecified atom stereocenters. The number of benzene rings is 2. The van der Waals surface area contributed by atoms with Gasteiger partial charge in [-0.3, -0.25) is 4.79 Å². The molecule has 0 radical (unpaired) electrons. The van der Waals surface area contributed by atoms with Gasteiger partial charge in [-0.1, -0.05) is 12.6 Å². The summed E-state index contributed by atoms with van der Waals surface area (Å²) in [4.78, 5) is 14.1. The number of alkyl halides is 3. The zero-order valence-corrected chi connectivity index (χ0v) is 15.8. The van der Waals surface area contributed by atoms with Crippen LogP contribution in [0.4, 0.5) is 17.6 Å². The van der Waals surface area contributed by atoms with Gasteiger partial charge in [0, 0.05) is 31.9 Å². The number of carbonyl (C=O) groups is 1. The quantitative estimate of drug-likeness (QED) is 0.733. The molecule has 0 atom stereocenters. The highest BCUT2D eigenvalue weighted by molar-refractivity contribution is 5.78. The zero-order valence-electron chi connectivity index (χ0n) is 15.8. The number of fused-ring (bicyclic) bond motifs is 1. The van der Waals surface area contributed by atoms with Gasteiger partial charge >= 0.3 is 6.18 Å². The smallest absolute Gasteiger partial charge is 0.419 e. The molecular weight excluding hydrogens is 388 g/mol. The fourth-order valence-corrected chi connectivity index (χ4v) is 3.12. The molecule has 0 bridgehead atoms. The van der Waals surface area contributed by atoms with E-state index in [1.807, 2.05) is 6.07 Å². The van der Waals surface area contributed by atoms with Gasteiger partial charge in [0.15, 0.2) is 0 Å². The van der Waals surface area contributed by atoms with E-state index in [2.05, 4.69) is 11.9 Å². The van der Waals surface area contributed by atoms with E-state index < -0.39 is 17.6 Å². The zero-order chi connectivity index (χ0) is 21.2. The van der Waals surface area contributed by atoms with Crippen molar-refractivity contribution in [1.29, 1.82) is 0 Å². The maximum atomic E-state index is 13.7. The summed E-state index contributed by atoms with van der Waals surface area (Å²) in [6, 6.07) is 7.68. The number of nitrogens with zero attached hydrogens (tertiary/aromatic N) is 1. The van der Waals surface area contributed by atoms with Crippen LogP contribution < -0.4 is 10.1 Å². The van der Waals surface area contributed by atoms with Crippen molar-refractivity contribution in [1.82, 2.24) is 10.2 Å². The number of hydrogen-bond acceptors (Lipinski definition) is 3. The van der Waals surface area contributed by atoms with Crippen LogP contribution in [-0.2, 0) is 23.9 Å². The van der Waals surface area contributed by atoms with Crippen molar-refractivity contribution in [2.24, 2.45) is 0 Å². The Bertz CT molecular complexity index is 941. The van der Waals surface area contributed by atoms with E-state index in [4.69, 9.17) is 4.74 Å². The largest absolute Gasteiger partial charge is 0.457 e. The SMILES string of the molecule is C=C(CC(=O)N1CCc2ccc(Oc3ccc(C(F)(F)F)c(F)c3)cc2C1)NC. The van der Waals surface area contributed by atoms with Crippen molar-refractivity contribution in [3.63, 3.8) is 0 Å². The minimum Gasteiger partial charge on any atom is -0.457 e. The topological polar surface area (TPSA) is 41.6 Å². The second-order valence-corrected chi connectivity index (χ2v) is 6.77. The summed E-state index contributed by atoms with van der Waals surface area (Å²) in [7, 11) is 1.70. The first-order valence-corrected chi connectivity index (χ1v) is 8.97. The van der Waals surface area contributed by atoms with E-state index in [0.717, 1.165) is 17.2 Å². The lowest BCUT2D eigenvalue weighted by molar-refractivity contribution is -0.140. The summed E-state index contributed by atoms with van der Waals surface area (Å²) in [6.07, 6.45) is -3.88. The Morgan fingerprint density at radius 3 is 2.52 bits per heavy atom. The second-order valence-electron chi connectivity index (χ2n) is 6.77. The summed E-state index contributed by atoms with van der Waals surface area (Å²) in [5.41, 5.74) is 1.23. The fourth-order valence-electron chi connectivity index (χ4n) is 3.12. The molecule has 1 N–H and O–H groups in total. The Kier molecular flexibility index (Phi) is 5.81. The Morgan fingerprint density at radius 2 is 1.86 bits per heavy atom. The van der Waals surface area contributed by atoms with Crippen molar-refractivity contribution >= 4 is 5.91 Å². The number of halogens is 4. The maximum absolute atomic E-state index is 13.7. The van der Waals surface area contributed by atoms with Crippen LogP contribution in [-0.4, -0.2) is 24.4 Å². The lowest BCUT2D eigenvalue weighted by Gasteiger charge is -2.29. The molecule has 2 aromatic carbocycles. The number of nitrogens with one attached hydrogen (secondary N) is 1. The van der Waals surface area contributed by atoms with Crippen LogP contribution in [0.2, 0.25) is 0 Å². The van der Waals surface area contributed by atoms with Gasteiger partial charge in [0.1, 0.15) is 17.3 Å². The summed E-state index contributed by atoms with van der Waals surface area (Å²) >= 11 is 0. The van der Waals surface area contributed by atoms with Crippen LogP contribution in [0.1, 0.15) is 23.1 Å². The molecule has 8 heteroatoms. The Morgan fingerprint density at radius 1 is 1.17 bits per heavy atom. The van der Waals surface area contributed by atoms with E-state index in [0.29, 0.717) is 43.1 Å². The molecular formula is C21H20F4N2O2. The highest BCUT2D eigenvalue weighted by atomic mass is 19.4. The molecule has 0 aliphatic carbocycles. The van der Waals surface area contributed by atoms with Crippen LogP contribution >= 0.6 is 0 Å². The molecule has 3 rings (SSSR count). The lowest BCUT2D eigenvalue weighted by Crippen LogP contribution is -2.36. The predicted molar refractivity (Wildman–Crippen MR) is 99.9 cm³/mol. The van der Waals surface area contributed by atoms with Crippen LogP contribution in [0.3, 0.4) is 0 Å². The minimum absolute atomic E-state index is 0.0375. The Balaban J connectivity index is 1.74. The van der Waals surface area contributed by atoms with E-state index >= 15 is 0 Å². The highest BCUT2D eigenvalue weighted by Crippen LogP contribution is 2.34. The molecule has 1 aliphatic heterocycles. The first kappa shape index (κ1) is 20.7. The van der Waals surface area contributed by atoms with E-state index in [-0.39, 0.29) is 18.1 Å². The first-order valence-electron chi connectivity index (χ1n) is 8.97. The second kappa shape index (κ2) is 8.14. The average Bonchev–Trinajstić information content (AvgIpc) is 2.66. The number of carbonyl (C=O) groups excluding carboxylic acids is 1. The molecule has 0 aromatic heterocycles. The molecule has 0 fully saturated rings. The van der Waals surface area contributed by atoms with Gasteiger partial charge in [-0.15, -0.1) is 0 Å². The van der Waals surface area contributed by atoms with Gasteiger partial charge < -0.3 is 15.0 Å². The van der Waals surface area contributed by atoms with Crippen molar-refractivity contribution in [3.05, 3.63) is 71.2 Å². The van der Waals surface area contributed by atoms with Crippen LogP contribution in [0.15, 0.2) is 48.7 Å². The number of rotatable bonds is 5. The van der Waals surface area contributed by atoms with Gasteiger partial charge in [-0.25, -0.2) is 4.39 Å². The van der Waals surface area contributed by atoms with Crippen LogP contribution in [0.25, 0.3) is 0 Å². The standard InChI is InChI=1S/C21H20F4N2O2/c1-13(26-2)9-20(28)27-8-7-14-3-4-16(10-15(14)12-27)29-17-5-6-18(19(22)11-17)21(23,24)25/h3-6,10-11,26H,1,7-9,12H2,2H3. The average molecular weight is 408 g/mol. The number of hydrogen-bond donors (Lipinski definition) is 1. The number of ether oxygens (including phenoxy) is 1. The summed E-state index contributed by atoms with van der Waals surface area (Å²) < 4.78 is 57.3. The van der Waals surface area contributed by atoms with E-state index in [1.54, 1.807) is 24.1 Å². The molecule has 4 nitrogen and oxygen atoms in total. The van der Waals surface area contributed by atoms with Crippen molar-refractivity contribution in [2.75, 3.05) is 13.6 Å². The molecule has 0 spiro atoms. The third-order valence-corrected chi connectivity index (χ3v) is 4.74. The van der Waals surface area contributed by atoms with Crippen molar-refractivity contribution in [2.45, 2.75) is 25.6 Å². The molecule has 1 aliphatic rings. The van der Waals surface area contributed by atoms with Gasteiger partial charge in [0.05, 0.1) is 12.0 Å². The Labute approximate surface area is 165 Å². The van der Waals surface area contributed by atoms with Gasteiger partial charge in [-0.2, -0.15) is 13.2 Å². The van der Waals surface area contributed by atoms with Crippen molar-refractivity contribution in [3.8, 4) is 11.5 Å². The van der Waals surface area contributed by atoms with Gasteiger partial charge in [-0.05, 0) is 41.8 Å². The third-order valence-electron chi connectivity index (χ3n) is 4.74. The molecule has 0 saturated heterocycles. The first-order chi connectivity index (χ1) is 13.7. The van der Waals surface area contributed by atoms with Crippen molar-refractivity contribution < 1.29 is 27.1 Å². The molecule has 1 amide bonds. The summed E-state index contributed by atoms with van der Waals surface area (Å²) in [5.74, 6) is -1.12. The molecule has 154 valence electrons. The summed E-state index contributed by atoms with van der Waals surface area (Å²) in [5, 5.41) is 2.85. The molecule has 0 saturated carbocycles. The van der Waals surface area contributed by atoms with Crippen LogP contribution in [0.5, 0.6) is 11.5 Å². The molecule has 1 heterocycles. The summed E-state index contributed by atoms with van der Waals surface area (Å²) in [6.45, 7) is 4.75. The predicted octanol–water partition coefficient (Wildman–Crippen LogP) is 4.64. The Hall–Kier alpha value is -3.03. The molecule has 29 heavy (non-hydrogen) atoms. The molecule has 2 aromatic rings. The minimum atomic E-state index is -4.76.